The summed E-state index contributed by atoms with van der Waals surface area (Å²) in [6.45, 7) is 0. The van der Waals surface area contributed by atoms with Crippen LogP contribution in [0, 0.1) is 5.92 Å². The summed E-state index contributed by atoms with van der Waals surface area (Å²) < 4.78 is 0. The van der Waals surface area contributed by atoms with Crippen LogP contribution in [-0.4, -0.2) is 27.2 Å². The zero-order valence-corrected chi connectivity index (χ0v) is 11.1. The predicted octanol–water partition coefficient (Wildman–Crippen LogP) is 1.28. The number of phenols is 2. The van der Waals surface area contributed by atoms with Crippen molar-refractivity contribution >= 4 is 23.1 Å². The molecule has 2 rings (SSSR count). The van der Waals surface area contributed by atoms with E-state index in [1.54, 1.807) is 0 Å². The molecule has 1 aromatic rings. The summed E-state index contributed by atoms with van der Waals surface area (Å²) in [7, 11) is 0. The van der Waals surface area contributed by atoms with Gasteiger partial charge < -0.3 is 21.3 Å². The second-order valence-electron chi connectivity index (χ2n) is 4.72. The average Bonchev–Trinajstić information content (AvgIpc) is 2.80. The fourth-order valence-corrected chi connectivity index (χ4v) is 2.71. The van der Waals surface area contributed by atoms with Gasteiger partial charge in [-0.25, -0.2) is 0 Å². The molecule has 0 aromatic heterocycles. The molecule has 0 radical (unpaired) electrons. The summed E-state index contributed by atoms with van der Waals surface area (Å²) in [6, 6.07) is 3.73. The number of aromatic hydroxyl groups is 2. The molecule has 102 valence electrons. The lowest BCUT2D eigenvalue weighted by molar-refractivity contribution is 0.0930. The van der Waals surface area contributed by atoms with Crippen LogP contribution in [0.1, 0.15) is 29.6 Å². The van der Waals surface area contributed by atoms with Crippen LogP contribution in [0.3, 0.4) is 0 Å². The molecule has 6 heteroatoms. The monoisotopic (exact) mass is 280 g/mol. The van der Waals surface area contributed by atoms with Crippen molar-refractivity contribution in [2.75, 3.05) is 0 Å². The average molecular weight is 280 g/mol. The highest BCUT2D eigenvalue weighted by Gasteiger charge is 2.31. The van der Waals surface area contributed by atoms with Crippen molar-refractivity contribution in [3.8, 4) is 11.5 Å². The van der Waals surface area contributed by atoms with Gasteiger partial charge in [-0.2, -0.15) is 0 Å². The molecule has 0 bridgehead atoms. The van der Waals surface area contributed by atoms with Crippen LogP contribution in [0.2, 0.25) is 0 Å². The van der Waals surface area contributed by atoms with Gasteiger partial charge in [0.05, 0.1) is 10.6 Å². The molecule has 5 nitrogen and oxygen atoms in total. The molecule has 1 amide bonds. The maximum absolute atomic E-state index is 12.1. The lowest BCUT2D eigenvalue weighted by Gasteiger charge is -2.20. The van der Waals surface area contributed by atoms with Crippen LogP contribution >= 0.6 is 12.2 Å². The molecule has 1 saturated carbocycles. The maximum atomic E-state index is 12.1. The van der Waals surface area contributed by atoms with E-state index in [2.05, 4.69) is 5.32 Å². The molecule has 0 spiro atoms. The molecule has 5 N–H and O–H groups in total. The van der Waals surface area contributed by atoms with Crippen molar-refractivity contribution in [3.05, 3.63) is 23.8 Å². The van der Waals surface area contributed by atoms with Crippen LogP contribution in [0.4, 0.5) is 0 Å². The number of rotatable bonds is 3. The molecular formula is C13H16N2O3S. The highest BCUT2D eigenvalue weighted by Crippen LogP contribution is 2.27. The Morgan fingerprint density at radius 1 is 1.37 bits per heavy atom. The van der Waals surface area contributed by atoms with Gasteiger partial charge in [0.1, 0.15) is 11.5 Å². The lowest BCUT2D eigenvalue weighted by atomic mass is 10.0. The van der Waals surface area contributed by atoms with Gasteiger partial charge in [-0.3, -0.25) is 4.79 Å². The Labute approximate surface area is 116 Å². The van der Waals surface area contributed by atoms with E-state index in [1.165, 1.54) is 18.2 Å². The van der Waals surface area contributed by atoms with E-state index in [0.717, 1.165) is 19.3 Å². The van der Waals surface area contributed by atoms with E-state index < -0.39 is 5.91 Å². The zero-order chi connectivity index (χ0) is 14.0. The smallest absolute Gasteiger partial charge is 0.255 e. The summed E-state index contributed by atoms with van der Waals surface area (Å²) >= 11 is 4.99. The molecule has 1 aliphatic carbocycles. The number of carbonyl (C=O) groups excluding carboxylic acids is 1. The minimum atomic E-state index is -0.429. The van der Waals surface area contributed by atoms with E-state index in [0.29, 0.717) is 4.99 Å². The predicted molar refractivity (Wildman–Crippen MR) is 75.2 cm³/mol. The first kappa shape index (κ1) is 13.6. The number of carbonyl (C=O) groups is 1. The molecule has 2 atom stereocenters. The first-order valence-electron chi connectivity index (χ1n) is 6.11. The first-order valence-corrected chi connectivity index (χ1v) is 6.52. The minimum Gasteiger partial charge on any atom is -0.508 e. The van der Waals surface area contributed by atoms with Crippen molar-refractivity contribution in [2.45, 2.75) is 25.3 Å². The standard InChI is InChI=1S/C13H16N2O3S/c14-12(19)8-2-1-3-10(8)15-13(18)9-6-7(16)4-5-11(9)17/h4-6,8,10,16-17H,1-3H2,(H2,14,19)(H,15,18). The fraction of sp³-hybridized carbons (Fsp3) is 0.385. The van der Waals surface area contributed by atoms with E-state index in [9.17, 15) is 15.0 Å². The Kier molecular flexibility index (Phi) is 3.90. The Morgan fingerprint density at radius 2 is 2.11 bits per heavy atom. The van der Waals surface area contributed by atoms with Crippen LogP contribution in [0.25, 0.3) is 0 Å². The van der Waals surface area contributed by atoms with Crippen molar-refractivity contribution in [2.24, 2.45) is 11.7 Å². The number of phenolic OH excluding ortho intramolecular Hbond substituents is 2. The Morgan fingerprint density at radius 3 is 2.79 bits per heavy atom. The molecule has 1 aromatic carbocycles. The Bertz CT molecular complexity index is 519. The number of thiocarbonyl (C=S) groups is 1. The van der Waals surface area contributed by atoms with E-state index in [1.807, 2.05) is 0 Å². The third-order valence-corrected chi connectivity index (χ3v) is 3.73. The van der Waals surface area contributed by atoms with Crippen molar-refractivity contribution in [1.82, 2.24) is 5.32 Å². The molecule has 1 fully saturated rings. The van der Waals surface area contributed by atoms with Crippen LogP contribution in [-0.2, 0) is 0 Å². The summed E-state index contributed by atoms with van der Waals surface area (Å²) in [4.78, 5) is 12.5. The number of nitrogens with one attached hydrogen (secondary N) is 1. The van der Waals surface area contributed by atoms with Gasteiger partial charge in [0.25, 0.3) is 5.91 Å². The minimum absolute atomic E-state index is 0.00148. The van der Waals surface area contributed by atoms with Crippen LogP contribution in [0.5, 0.6) is 11.5 Å². The Hall–Kier alpha value is -1.82. The third kappa shape index (κ3) is 2.96. The lowest BCUT2D eigenvalue weighted by Crippen LogP contribution is -2.41. The zero-order valence-electron chi connectivity index (χ0n) is 10.3. The molecule has 0 saturated heterocycles. The molecular weight excluding hydrogens is 264 g/mol. The van der Waals surface area contributed by atoms with Gasteiger partial charge in [0.15, 0.2) is 0 Å². The van der Waals surface area contributed by atoms with Gasteiger partial charge in [0, 0.05) is 12.0 Å². The van der Waals surface area contributed by atoms with E-state index in [4.69, 9.17) is 18.0 Å². The van der Waals surface area contributed by atoms with Crippen molar-refractivity contribution in [1.29, 1.82) is 0 Å². The summed E-state index contributed by atoms with van der Waals surface area (Å²) in [6.07, 6.45) is 2.64. The van der Waals surface area contributed by atoms with Crippen LogP contribution in [0.15, 0.2) is 18.2 Å². The van der Waals surface area contributed by atoms with E-state index >= 15 is 0 Å². The number of benzene rings is 1. The van der Waals surface area contributed by atoms with Gasteiger partial charge >= 0.3 is 0 Å². The van der Waals surface area contributed by atoms with Crippen molar-refractivity contribution in [3.63, 3.8) is 0 Å². The second kappa shape index (κ2) is 5.44. The highest BCUT2D eigenvalue weighted by molar-refractivity contribution is 7.80. The summed E-state index contributed by atoms with van der Waals surface area (Å²) in [5, 5.41) is 21.8. The molecule has 0 aliphatic heterocycles. The SMILES string of the molecule is NC(=S)C1CCCC1NC(=O)c1cc(O)ccc1O. The van der Waals surface area contributed by atoms with Gasteiger partial charge in [-0.1, -0.05) is 18.6 Å². The number of nitrogens with two attached hydrogens (primary N) is 1. The first-order chi connectivity index (χ1) is 8.99. The quantitative estimate of drug-likeness (QED) is 0.494. The topological polar surface area (TPSA) is 95.6 Å². The summed E-state index contributed by atoms with van der Waals surface area (Å²) in [5.41, 5.74) is 5.70. The third-order valence-electron chi connectivity index (χ3n) is 3.42. The number of hydrogen-bond donors (Lipinski definition) is 4. The van der Waals surface area contributed by atoms with Crippen LogP contribution < -0.4 is 11.1 Å². The van der Waals surface area contributed by atoms with Gasteiger partial charge in [-0.15, -0.1) is 0 Å². The molecule has 1 aliphatic rings. The molecule has 19 heavy (non-hydrogen) atoms. The molecule has 2 unspecified atom stereocenters. The number of amides is 1. The largest absolute Gasteiger partial charge is 0.508 e. The Balaban J connectivity index is 2.12. The highest BCUT2D eigenvalue weighted by atomic mass is 32.1. The normalized spacial score (nSPS) is 22.1. The summed E-state index contributed by atoms with van der Waals surface area (Å²) in [5.74, 6) is -0.666. The maximum Gasteiger partial charge on any atom is 0.255 e. The number of hydrogen-bond acceptors (Lipinski definition) is 4. The van der Waals surface area contributed by atoms with Crippen molar-refractivity contribution < 1.29 is 15.0 Å². The van der Waals surface area contributed by atoms with Gasteiger partial charge in [0.2, 0.25) is 0 Å². The second-order valence-corrected chi connectivity index (χ2v) is 5.19. The van der Waals surface area contributed by atoms with Gasteiger partial charge in [-0.05, 0) is 31.0 Å². The molecule has 0 heterocycles. The fourth-order valence-electron chi connectivity index (χ4n) is 2.43. The van der Waals surface area contributed by atoms with E-state index in [-0.39, 0.29) is 29.0 Å².